The van der Waals surface area contributed by atoms with E-state index in [9.17, 15) is 4.79 Å². The summed E-state index contributed by atoms with van der Waals surface area (Å²) < 4.78 is 1.63. The van der Waals surface area contributed by atoms with Crippen LogP contribution in [0.5, 0.6) is 0 Å². The van der Waals surface area contributed by atoms with Crippen LogP contribution in [0.4, 0.5) is 11.4 Å². The Bertz CT molecular complexity index is 1050. The Morgan fingerprint density at radius 3 is 2.61 bits per heavy atom. The molecule has 162 valence electrons. The van der Waals surface area contributed by atoms with Crippen LogP contribution in [0, 0.1) is 6.92 Å². The molecule has 2 heterocycles. The molecule has 0 saturated carbocycles. The van der Waals surface area contributed by atoms with Gasteiger partial charge in [-0.1, -0.05) is 47.1 Å². The molecule has 0 bridgehead atoms. The third-order valence-corrected chi connectivity index (χ3v) is 6.36. The summed E-state index contributed by atoms with van der Waals surface area (Å²) >= 11 is 7.79. The summed E-state index contributed by atoms with van der Waals surface area (Å²) in [4.78, 5) is 17.2. The van der Waals surface area contributed by atoms with Crippen LogP contribution in [0.1, 0.15) is 5.56 Å². The molecule has 0 spiro atoms. The number of benzene rings is 2. The molecule has 1 fully saturated rings. The van der Waals surface area contributed by atoms with E-state index in [2.05, 4.69) is 37.7 Å². The molecule has 31 heavy (non-hydrogen) atoms. The molecule has 1 aromatic heterocycles. The average molecular weight is 458 g/mol. The van der Waals surface area contributed by atoms with Crippen molar-refractivity contribution in [3.63, 3.8) is 0 Å². The second kappa shape index (κ2) is 9.67. The molecule has 1 saturated heterocycles. The quantitative estimate of drug-likeness (QED) is 0.569. The normalized spacial score (nSPS) is 14.6. The minimum atomic E-state index is -0.138. The minimum Gasteiger partial charge on any atom is -0.366 e. The lowest BCUT2D eigenvalue weighted by atomic mass is 10.2. The van der Waals surface area contributed by atoms with Gasteiger partial charge in [0.15, 0.2) is 0 Å². The number of hydrogen-bond acceptors (Lipinski definition) is 7. The molecule has 1 aliphatic rings. The van der Waals surface area contributed by atoms with Gasteiger partial charge in [0.1, 0.15) is 0 Å². The Balaban J connectivity index is 1.43. The van der Waals surface area contributed by atoms with E-state index in [1.54, 1.807) is 4.68 Å². The summed E-state index contributed by atoms with van der Waals surface area (Å²) in [7, 11) is 2.11. The topological polar surface area (TPSA) is 79.2 Å². The Morgan fingerprint density at radius 1 is 1.13 bits per heavy atom. The van der Waals surface area contributed by atoms with Crippen LogP contribution in [0.25, 0.3) is 5.69 Å². The van der Waals surface area contributed by atoms with Gasteiger partial charge in [-0.2, -0.15) is 4.68 Å². The van der Waals surface area contributed by atoms with Crippen molar-refractivity contribution in [2.75, 3.05) is 49.2 Å². The van der Waals surface area contributed by atoms with Gasteiger partial charge in [0.25, 0.3) is 0 Å². The number of carbonyl (C=O) groups excluding carboxylic acids is 1. The summed E-state index contributed by atoms with van der Waals surface area (Å²) in [5.74, 6) is 0.0436. The number of anilines is 2. The highest BCUT2D eigenvalue weighted by molar-refractivity contribution is 7.99. The number of rotatable bonds is 6. The van der Waals surface area contributed by atoms with Crippen LogP contribution in [-0.4, -0.2) is 70.0 Å². The van der Waals surface area contributed by atoms with E-state index >= 15 is 0 Å². The van der Waals surface area contributed by atoms with Gasteiger partial charge in [0.05, 0.1) is 27.8 Å². The molecule has 10 heteroatoms. The lowest BCUT2D eigenvalue weighted by molar-refractivity contribution is -0.113. The summed E-state index contributed by atoms with van der Waals surface area (Å²) in [5.41, 5.74) is 3.61. The third kappa shape index (κ3) is 5.17. The molecule has 3 aromatic rings. The lowest BCUT2D eigenvalue weighted by Gasteiger charge is -2.35. The number of piperazine rings is 1. The fraction of sp³-hybridized carbons (Fsp3) is 0.333. The molecule has 1 aliphatic heterocycles. The van der Waals surface area contributed by atoms with Crippen molar-refractivity contribution < 1.29 is 4.79 Å². The van der Waals surface area contributed by atoms with E-state index < -0.39 is 0 Å². The second-order valence-electron chi connectivity index (χ2n) is 7.47. The van der Waals surface area contributed by atoms with Crippen molar-refractivity contribution in [2.24, 2.45) is 0 Å². The van der Waals surface area contributed by atoms with E-state index in [0.717, 1.165) is 48.8 Å². The number of aryl methyl sites for hydroxylation is 1. The predicted molar refractivity (Wildman–Crippen MR) is 124 cm³/mol. The van der Waals surface area contributed by atoms with Crippen LogP contribution in [0.2, 0.25) is 5.02 Å². The first-order chi connectivity index (χ1) is 15.0. The number of nitrogens with zero attached hydrogens (tertiary/aromatic N) is 6. The van der Waals surface area contributed by atoms with E-state index in [1.807, 2.05) is 49.4 Å². The first-order valence-electron chi connectivity index (χ1n) is 10.0. The zero-order valence-corrected chi connectivity index (χ0v) is 19.0. The smallest absolute Gasteiger partial charge is 0.234 e. The fourth-order valence-electron chi connectivity index (χ4n) is 3.40. The lowest BCUT2D eigenvalue weighted by Crippen LogP contribution is -2.44. The maximum atomic E-state index is 12.7. The van der Waals surface area contributed by atoms with Crippen molar-refractivity contribution in [3.8, 4) is 5.69 Å². The molecular formula is C21H24ClN7OS. The van der Waals surface area contributed by atoms with Crippen LogP contribution >= 0.6 is 23.4 Å². The monoisotopic (exact) mass is 457 g/mol. The van der Waals surface area contributed by atoms with Crippen molar-refractivity contribution in [1.29, 1.82) is 0 Å². The number of aromatic nitrogens is 4. The van der Waals surface area contributed by atoms with E-state index in [-0.39, 0.29) is 11.7 Å². The van der Waals surface area contributed by atoms with Crippen molar-refractivity contribution in [3.05, 3.63) is 53.1 Å². The third-order valence-electron chi connectivity index (χ3n) is 5.13. The number of carbonyl (C=O) groups is 1. The predicted octanol–water partition coefficient (Wildman–Crippen LogP) is 3.11. The zero-order chi connectivity index (χ0) is 21.8. The number of thioether (sulfide) groups is 1. The van der Waals surface area contributed by atoms with Crippen LogP contribution in [-0.2, 0) is 4.79 Å². The van der Waals surface area contributed by atoms with Gasteiger partial charge in [-0.15, -0.1) is 5.10 Å². The SMILES string of the molecule is Cc1ccc(-n2nnnc2SCC(=O)Nc2cccc(Cl)c2N2CCN(C)CC2)cc1. The number of para-hydroxylation sites is 1. The summed E-state index contributed by atoms with van der Waals surface area (Å²) in [6.07, 6.45) is 0. The molecule has 1 N–H and O–H groups in total. The molecular weight excluding hydrogens is 434 g/mol. The van der Waals surface area contributed by atoms with Gasteiger partial charge >= 0.3 is 0 Å². The summed E-state index contributed by atoms with van der Waals surface area (Å²) in [6.45, 7) is 5.66. The summed E-state index contributed by atoms with van der Waals surface area (Å²) in [6, 6.07) is 13.5. The Hall–Kier alpha value is -2.62. The molecule has 0 radical (unpaired) electrons. The fourth-order valence-corrected chi connectivity index (χ4v) is 4.39. The van der Waals surface area contributed by atoms with E-state index in [4.69, 9.17) is 11.6 Å². The number of hydrogen-bond donors (Lipinski definition) is 1. The maximum Gasteiger partial charge on any atom is 0.234 e. The first-order valence-corrected chi connectivity index (χ1v) is 11.4. The van der Waals surface area contributed by atoms with Gasteiger partial charge in [0.2, 0.25) is 11.1 Å². The Kier molecular flexibility index (Phi) is 6.74. The maximum absolute atomic E-state index is 12.7. The second-order valence-corrected chi connectivity index (χ2v) is 8.82. The van der Waals surface area contributed by atoms with Crippen molar-refractivity contribution in [2.45, 2.75) is 12.1 Å². The van der Waals surface area contributed by atoms with Crippen molar-refractivity contribution >= 4 is 40.6 Å². The van der Waals surface area contributed by atoms with Gasteiger partial charge in [0, 0.05) is 26.2 Å². The highest BCUT2D eigenvalue weighted by Gasteiger charge is 2.21. The Labute approximate surface area is 190 Å². The highest BCUT2D eigenvalue weighted by Crippen LogP contribution is 2.34. The van der Waals surface area contributed by atoms with Crippen LogP contribution in [0.3, 0.4) is 0 Å². The molecule has 0 unspecified atom stereocenters. The zero-order valence-electron chi connectivity index (χ0n) is 17.5. The number of amides is 1. The molecule has 0 atom stereocenters. The summed E-state index contributed by atoms with van der Waals surface area (Å²) in [5, 5.41) is 16.1. The molecule has 1 amide bonds. The van der Waals surface area contributed by atoms with Crippen LogP contribution < -0.4 is 10.2 Å². The van der Waals surface area contributed by atoms with Gasteiger partial charge < -0.3 is 15.1 Å². The minimum absolute atomic E-state index is 0.138. The molecule has 8 nitrogen and oxygen atoms in total. The number of tetrazole rings is 1. The Morgan fingerprint density at radius 2 is 1.87 bits per heavy atom. The molecule has 2 aromatic carbocycles. The standard InChI is InChI=1S/C21H24ClN7OS/c1-15-6-8-16(9-7-15)29-21(24-25-26-29)31-14-19(30)23-18-5-3-4-17(22)20(18)28-12-10-27(2)11-13-28/h3-9H,10-14H2,1-2H3,(H,23,30). The van der Waals surface area contributed by atoms with E-state index in [0.29, 0.717) is 10.2 Å². The largest absolute Gasteiger partial charge is 0.366 e. The molecule has 4 rings (SSSR count). The highest BCUT2D eigenvalue weighted by atomic mass is 35.5. The average Bonchev–Trinajstić information content (AvgIpc) is 3.23. The van der Waals surface area contributed by atoms with Gasteiger partial charge in [-0.3, -0.25) is 4.79 Å². The van der Waals surface area contributed by atoms with Gasteiger partial charge in [-0.25, -0.2) is 0 Å². The van der Waals surface area contributed by atoms with Crippen LogP contribution in [0.15, 0.2) is 47.6 Å². The van der Waals surface area contributed by atoms with E-state index in [1.165, 1.54) is 11.8 Å². The van der Waals surface area contributed by atoms with Crippen molar-refractivity contribution in [1.82, 2.24) is 25.1 Å². The first kappa shape index (κ1) is 21.6. The number of nitrogens with one attached hydrogen (secondary N) is 1. The number of likely N-dealkylation sites (N-methyl/N-ethyl adjacent to an activating group) is 1. The molecule has 0 aliphatic carbocycles. The number of halogens is 1. The van der Waals surface area contributed by atoms with Gasteiger partial charge in [-0.05, 0) is 48.7 Å².